The summed E-state index contributed by atoms with van der Waals surface area (Å²) in [4.78, 5) is 0. The highest BCUT2D eigenvalue weighted by Gasteiger charge is 2.31. The van der Waals surface area contributed by atoms with Crippen LogP contribution in [0.15, 0.2) is 0 Å². The molecule has 1 fully saturated rings. The second kappa shape index (κ2) is 5.86. The van der Waals surface area contributed by atoms with Gasteiger partial charge in [-0.25, -0.2) is 0 Å². The molecule has 0 aromatic rings. The van der Waals surface area contributed by atoms with E-state index in [2.05, 4.69) is 11.6 Å². The third-order valence-electron chi connectivity index (χ3n) is 2.24. The molecule has 0 aromatic carbocycles. The lowest BCUT2D eigenvalue weighted by Crippen LogP contribution is -2.41. The van der Waals surface area contributed by atoms with Crippen LogP contribution in [0.1, 0.15) is 12.8 Å². The molecule has 4 heteroatoms. The van der Waals surface area contributed by atoms with Crippen molar-refractivity contribution in [3.63, 3.8) is 0 Å². The van der Waals surface area contributed by atoms with Crippen molar-refractivity contribution >= 4 is 11.8 Å². The van der Waals surface area contributed by atoms with Gasteiger partial charge in [0.05, 0.1) is 6.61 Å². The Morgan fingerprint density at radius 1 is 1.62 bits per heavy atom. The van der Waals surface area contributed by atoms with E-state index in [9.17, 15) is 5.11 Å². The van der Waals surface area contributed by atoms with E-state index in [1.165, 1.54) is 5.75 Å². The van der Waals surface area contributed by atoms with Crippen molar-refractivity contribution in [2.75, 3.05) is 38.3 Å². The molecular formula is C9H19NO2S. The maximum atomic E-state index is 9.86. The van der Waals surface area contributed by atoms with Crippen molar-refractivity contribution in [2.45, 2.75) is 18.4 Å². The quantitative estimate of drug-likeness (QED) is 0.619. The molecule has 0 spiro atoms. The zero-order valence-electron chi connectivity index (χ0n) is 8.21. The standard InChI is InChI=1S/C9H19NO2S/c1-13-6-2-4-10-7-9(11)3-5-12-8-9/h10-11H,2-8H2,1H3. The molecule has 13 heavy (non-hydrogen) atoms. The molecule has 0 saturated carbocycles. The van der Waals surface area contributed by atoms with Gasteiger partial charge < -0.3 is 15.2 Å². The maximum absolute atomic E-state index is 9.86. The molecule has 0 amide bonds. The molecule has 2 N–H and O–H groups in total. The van der Waals surface area contributed by atoms with Crippen LogP contribution in [0.5, 0.6) is 0 Å². The topological polar surface area (TPSA) is 41.5 Å². The normalized spacial score (nSPS) is 28.2. The first-order valence-corrected chi connectivity index (χ1v) is 6.16. The van der Waals surface area contributed by atoms with Crippen LogP contribution < -0.4 is 5.32 Å². The molecule has 0 aliphatic carbocycles. The summed E-state index contributed by atoms with van der Waals surface area (Å²) in [7, 11) is 0. The van der Waals surface area contributed by atoms with E-state index >= 15 is 0 Å². The molecule has 1 rings (SSSR count). The van der Waals surface area contributed by atoms with E-state index in [1.54, 1.807) is 0 Å². The van der Waals surface area contributed by atoms with Crippen molar-refractivity contribution in [1.29, 1.82) is 0 Å². The SMILES string of the molecule is CSCCCNCC1(O)CCOC1. The molecule has 1 atom stereocenters. The molecule has 0 bridgehead atoms. The Bertz CT molecular complexity index is 138. The summed E-state index contributed by atoms with van der Waals surface area (Å²) in [6.07, 6.45) is 4.04. The molecule has 78 valence electrons. The van der Waals surface area contributed by atoms with Crippen LogP contribution in [0.3, 0.4) is 0 Å². The summed E-state index contributed by atoms with van der Waals surface area (Å²) in [6.45, 7) is 2.84. The predicted molar refractivity (Wildman–Crippen MR) is 56.3 cm³/mol. The Balaban J connectivity index is 1.98. The van der Waals surface area contributed by atoms with Crippen LogP contribution in [0.2, 0.25) is 0 Å². The minimum atomic E-state index is -0.598. The summed E-state index contributed by atoms with van der Waals surface area (Å²) in [6, 6.07) is 0. The monoisotopic (exact) mass is 205 g/mol. The van der Waals surface area contributed by atoms with Crippen LogP contribution in [0.4, 0.5) is 0 Å². The van der Waals surface area contributed by atoms with Gasteiger partial charge in [-0.15, -0.1) is 0 Å². The first-order valence-electron chi connectivity index (χ1n) is 4.77. The van der Waals surface area contributed by atoms with Crippen molar-refractivity contribution < 1.29 is 9.84 Å². The molecule has 0 aromatic heterocycles. The van der Waals surface area contributed by atoms with Crippen LogP contribution in [0.25, 0.3) is 0 Å². The molecule has 1 heterocycles. The minimum absolute atomic E-state index is 0.489. The van der Waals surface area contributed by atoms with E-state index in [4.69, 9.17) is 4.74 Å². The van der Waals surface area contributed by atoms with Gasteiger partial charge in [0, 0.05) is 19.6 Å². The lowest BCUT2D eigenvalue weighted by Gasteiger charge is -2.20. The molecule has 1 unspecified atom stereocenters. The summed E-state index contributed by atoms with van der Waals surface area (Å²) >= 11 is 1.86. The van der Waals surface area contributed by atoms with Gasteiger partial charge >= 0.3 is 0 Å². The van der Waals surface area contributed by atoms with E-state index in [1.807, 2.05) is 11.8 Å². The fraction of sp³-hybridized carbons (Fsp3) is 1.00. The summed E-state index contributed by atoms with van der Waals surface area (Å²) in [5.41, 5.74) is -0.598. The van der Waals surface area contributed by atoms with Crippen molar-refractivity contribution in [3.8, 4) is 0 Å². The van der Waals surface area contributed by atoms with Gasteiger partial charge in [0.1, 0.15) is 5.60 Å². The van der Waals surface area contributed by atoms with Gasteiger partial charge in [-0.2, -0.15) is 11.8 Å². The number of nitrogens with one attached hydrogen (secondary N) is 1. The Morgan fingerprint density at radius 3 is 3.08 bits per heavy atom. The minimum Gasteiger partial charge on any atom is -0.386 e. The Morgan fingerprint density at radius 2 is 2.46 bits per heavy atom. The highest BCUT2D eigenvalue weighted by atomic mass is 32.2. The fourth-order valence-corrected chi connectivity index (χ4v) is 1.83. The summed E-state index contributed by atoms with van der Waals surface area (Å²) in [5, 5.41) is 13.1. The fourth-order valence-electron chi connectivity index (χ4n) is 1.40. The zero-order valence-corrected chi connectivity index (χ0v) is 9.03. The zero-order chi connectivity index (χ0) is 9.57. The maximum Gasteiger partial charge on any atom is 0.102 e. The van der Waals surface area contributed by atoms with Crippen molar-refractivity contribution in [1.82, 2.24) is 5.32 Å². The van der Waals surface area contributed by atoms with E-state index in [-0.39, 0.29) is 0 Å². The third kappa shape index (κ3) is 4.31. The smallest absolute Gasteiger partial charge is 0.102 e. The van der Waals surface area contributed by atoms with Crippen LogP contribution in [0, 0.1) is 0 Å². The molecule has 0 radical (unpaired) electrons. The predicted octanol–water partition coefficient (Wildman–Crippen LogP) is 0.480. The van der Waals surface area contributed by atoms with Crippen LogP contribution in [-0.4, -0.2) is 49.0 Å². The number of hydrogen-bond acceptors (Lipinski definition) is 4. The van der Waals surface area contributed by atoms with E-state index in [0.717, 1.165) is 19.4 Å². The van der Waals surface area contributed by atoms with E-state index < -0.39 is 5.60 Å². The Hall–Kier alpha value is 0.230. The molecule has 1 aliphatic rings. The van der Waals surface area contributed by atoms with Gasteiger partial charge in [-0.3, -0.25) is 0 Å². The lowest BCUT2D eigenvalue weighted by molar-refractivity contribution is 0.0273. The van der Waals surface area contributed by atoms with Gasteiger partial charge in [-0.05, 0) is 25.0 Å². The summed E-state index contributed by atoms with van der Waals surface area (Å²) < 4.78 is 5.14. The van der Waals surface area contributed by atoms with E-state index in [0.29, 0.717) is 19.8 Å². The third-order valence-corrected chi connectivity index (χ3v) is 2.94. The van der Waals surface area contributed by atoms with Crippen LogP contribution in [-0.2, 0) is 4.74 Å². The van der Waals surface area contributed by atoms with Gasteiger partial charge in [0.2, 0.25) is 0 Å². The molecular weight excluding hydrogens is 186 g/mol. The Labute approximate surface area is 84.2 Å². The van der Waals surface area contributed by atoms with Gasteiger partial charge in [0.25, 0.3) is 0 Å². The number of rotatable bonds is 6. The highest BCUT2D eigenvalue weighted by Crippen LogP contribution is 2.16. The average Bonchev–Trinajstić information content (AvgIpc) is 2.53. The first kappa shape index (κ1) is 11.3. The second-order valence-corrected chi connectivity index (χ2v) is 4.54. The number of hydrogen-bond donors (Lipinski definition) is 2. The largest absolute Gasteiger partial charge is 0.386 e. The van der Waals surface area contributed by atoms with Gasteiger partial charge in [0.15, 0.2) is 0 Å². The van der Waals surface area contributed by atoms with Gasteiger partial charge in [-0.1, -0.05) is 0 Å². The number of ether oxygens (including phenoxy) is 1. The highest BCUT2D eigenvalue weighted by molar-refractivity contribution is 7.98. The lowest BCUT2D eigenvalue weighted by atomic mass is 10.0. The van der Waals surface area contributed by atoms with Crippen LogP contribution >= 0.6 is 11.8 Å². The summed E-state index contributed by atoms with van der Waals surface area (Å²) in [5.74, 6) is 1.18. The number of thioether (sulfide) groups is 1. The van der Waals surface area contributed by atoms with Crippen molar-refractivity contribution in [2.24, 2.45) is 0 Å². The second-order valence-electron chi connectivity index (χ2n) is 3.55. The Kier molecular flexibility index (Phi) is 5.09. The first-order chi connectivity index (χ1) is 6.27. The average molecular weight is 205 g/mol. The van der Waals surface area contributed by atoms with Crippen molar-refractivity contribution in [3.05, 3.63) is 0 Å². The number of aliphatic hydroxyl groups is 1. The molecule has 1 saturated heterocycles. The molecule has 1 aliphatic heterocycles. The molecule has 3 nitrogen and oxygen atoms in total.